The summed E-state index contributed by atoms with van der Waals surface area (Å²) in [5.74, 6) is 0.816. The minimum atomic E-state index is -0.646. The molecule has 2 rings (SSSR count). The molecule has 0 saturated carbocycles. The summed E-state index contributed by atoms with van der Waals surface area (Å²) in [5.41, 5.74) is 1.31. The molecule has 0 aliphatic carbocycles. The lowest BCUT2D eigenvalue weighted by molar-refractivity contribution is -0.133. The molecule has 0 aromatic heterocycles. The number of rotatable bonds is 9. The quantitative estimate of drug-likeness (QED) is 0.646. The molecule has 0 heterocycles. The van der Waals surface area contributed by atoms with E-state index in [1.807, 2.05) is 26.0 Å². The van der Waals surface area contributed by atoms with Gasteiger partial charge >= 0.3 is 0 Å². The molecule has 0 aliphatic heterocycles. The first kappa shape index (κ1) is 23.5. The predicted molar refractivity (Wildman–Crippen MR) is 118 cm³/mol. The number of nitrogens with zero attached hydrogens (tertiary/aromatic N) is 1. The Morgan fingerprint density at radius 1 is 1.10 bits per heavy atom. The number of likely N-dealkylation sites (N-methyl/N-ethyl adjacent to an activating group) is 1. The van der Waals surface area contributed by atoms with Crippen LogP contribution in [-0.4, -0.2) is 44.0 Å². The third kappa shape index (κ3) is 5.89. The van der Waals surface area contributed by atoms with Gasteiger partial charge < -0.3 is 19.7 Å². The van der Waals surface area contributed by atoms with E-state index in [0.29, 0.717) is 28.6 Å². The topological polar surface area (TPSA) is 67.9 Å². The maximum atomic E-state index is 13.2. The first-order valence-electron chi connectivity index (χ1n) is 9.83. The first-order valence-corrected chi connectivity index (χ1v) is 10.2. The van der Waals surface area contributed by atoms with Crippen molar-refractivity contribution in [2.75, 3.05) is 21.3 Å². The van der Waals surface area contributed by atoms with E-state index in [1.165, 1.54) is 0 Å². The number of hydrogen-bond donors (Lipinski definition) is 1. The van der Waals surface area contributed by atoms with Gasteiger partial charge in [0.1, 0.15) is 17.5 Å². The molecule has 0 bridgehead atoms. The predicted octanol–water partition coefficient (Wildman–Crippen LogP) is 4.16. The van der Waals surface area contributed by atoms with Gasteiger partial charge in [0.15, 0.2) is 0 Å². The van der Waals surface area contributed by atoms with Crippen LogP contribution in [0.2, 0.25) is 5.02 Å². The van der Waals surface area contributed by atoms with Crippen molar-refractivity contribution in [3.05, 3.63) is 58.6 Å². The normalized spacial score (nSPS) is 12.6. The summed E-state index contributed by atoms with van der Waals surface area (Å²) in [6, 6.07) is 11.4. The average Bonchev–Trinajstić information content (AvgIpc) is 2.76. The van der Waals surface area contributed by atoms with Gasteiger partial charge in [0.2, 0.25) is 5.91 Å². The SMILES string of the molecule is CCC(C)C(NC(=O)c1ccc(Cl)cc1)C(=O)N(C)Cc1ccc(OC)cc1OC. The van der Waals surface area contributed by atoms with E-state index in [4.69, 9.17) is 21.1 Å². The number of nitrogens with one attached hydrogen (secondary N) is 1. The van der Waals surface area contributed by atoms with Crippen LogP contribution in [0.5, 0.6) is 11.5 Å². The molecule has 2 aromatic rings. The van der Waals surface area contributed by atoms with Gasteiger partial charge in [-0.3, -0.25) is 9.59 Å². The zero-order valence-corrected chi connectivity index (χ0v) is 18.8. The highest BCUT2D eigenvalue weighted by Gasteiger charge is 2.29. The summed E-state index contributed by atoms with van der Waals surface area (Å²) in [7, 11) is 4.88. The van der Waals surface area contributed by atoms with Gasteiger partial charge in [-0.15, -0.1) is 0 Å². The molecule has 0 saturated heterocycles. The van der Waals surface area contributed by atoms with Crippen molar-refractivity contribution < 1.29 is 19.1 Å². The largest absolute Gasteiger partial charge is 0.497 e. The summed E-state index contributed by atoms with van der Waals surface area (Å²) in [5, 5.41) is 3.44. The van der Waals surface area contributed by atoms with Crippen LogP contribution in [0.25, 0.3) is 0 Å². The lowest BCUT2D eigenvalue weighted by Crippen LogP contribution is -2.50. The van der Waals surface area contributed by atoms with Crippen molar-refractivity contribution in [1.29, 1.82) is 0 Å². The van der Waals surface area contributed by atoms with Crippen LogP contribution >= 0.6 is 11.6 Å². The fourth-order valence-electron chi connectivity index (χ4n) is 3.06. The lowest BCUT2D eigenvalue weighted by atomic mass is 9.97. The van der Waals surface area contributed by atoms with Crippen LogP contribution in [0.3, 0.4) is 0 Å². The Morgan fingerprint density at radius 2 is 1.77 bits per heavy atom. The molecule has 7 heteroatoms. The van der Waals surface area contributed by atoms with E-state index in [1.54, 1.807) is 56.5 Å². The minimum absolute atomic E-state index is 0.0334. The number of methoxy groups -OCH3 is 2. The van der Waals surface area contributed by atoms with Crippen LogP contribution in [0.1, 0.15) is 36.2 Å². The van der Waals surface area contributed by atoms with Crippen LogP contribution in [0.4, 0.5) is 0 Å². The van der Waals surface area contributed by atoms with E-state index in [2.05, 4.69) is 5.32 Å². The highest BCUT2D eigenvalue weighted by molar-refractivity contribution is 6.30. The number of carbonyl (C=O) groups is 2. The van der Waals surface area contributed by atoms with Crippen molar-refractivity contribution in [1.82, 2.24) is 10.2 Å². The van der Waals surface area contributed by atoms with Gasteiger partial charge in [-0.25, -0.2) is 0 Å². The van der Waals surface area contributed by atoms with Crippen molar-refractivity contribution in [3.63, 3.8) is 0 Å². The molecule has 2 atom stereocenters. The monoisotopic (exact) mass is 432 g/mol. The molecule has 2 unspecified atom stereocenters. The summed E-state index contributed by atoms with van der Waals surface area (Å²) in [6.45, 7) is 4.29. The molecular formula is C23H29ClN2O4. The van der Waals surface area contributed by atoms with Crippen LogP contribution in [0.15, 0.2) is 42.5 Å². The number of amides is 2. The fourth-order valence-corrected chi connectivity index (χ4v) is 3.19. The Balaban J connectivity index is 2.17. The van der Waals surface area contributed by atoms with E-state index >= 15 is 0 Å². The second-order valence-electron chi connectivity index (χ2n) is 7.22. The van der Waals surface area contributed by atoms with Crippen LogP contribution < -0.4 is 14.8 Å². The van der Waals surface area contributed by atoms with Gasteiger partial charge in [-0.05, 0) is 42.3 Å². The highest BCUT2D eigenvalue weighted by atomic mass is 35.5. The zero-order valence-electron chi connectivity index (χ0n) is 18.1. The van der Waals surface area contributed by atoms with E-state index in [0.717, 1.165) is 12.0 Å². The minimum Gasteiger partial charge on any atom is -0.497 e. The van der Waals surface area contributed by atoms with Gasteiger partial charge in [0.05, 0.1) is 14.2 Å². The Hall–Kier alpha value is -2.73. The van der Waals surface area contributed by atoms with Gasteiger partial charge in [-0.2, -0.15) is 0 Å². The third-order valence-electron chi connectivity index (χ3n) is 5.15. The second kappa shape index (κ2) is 10.9. The van der Waals surface area contributed by atoms with Crippen LogP contribution in [0, 0.1) is 5.92 Å². The van der Waals surface area contributed by atoms with Crippen molar-refractivity contribution in [3.8, 4) is 11.5 Å². The first-order chi connectivity index (χ1) is 14.3. The van der Waals surface area contributed by atoms with Gasteiger partial charge in [0, 0.05) is 35.8 Å². The molecule has 1 N–H and O–H groups in total. The van der Waals surface area contributed by atoms with Gasteiger partial charge in [0.25, 0.3) is 5.91 Å². The Labute approximate surface area is 183 Å². The number of halogens is 1. The molecule has 0 radical (unpaired) electrons. The summed E-state index contributed by atoms with van der Waals surface area (Å²) < 4.78 is 10.7. The van der Waals surface area contributed by atoms with Crippen molar-refractivity contribution >= 4 is 23.4 Å². The number of ether oxygens (including phenoxy) is 2. The molecule has 2 amide bonds. The Morgan fingerprint density at radius 3 is 2.33 bits per heavy atom. The number of hydrogen-bond acceptors (Lipinski definition) is 4. The molecule has 0 fully saturated rings. The molecule has 30 heavy (non-hydrogen) atoms. The number of benzene rings is 2. The smallest absolute Gasteiger partial charge is 0.251 e. The van der Waals surface area contributed by atoms with E-state index in [9.17, 15) is 9.59 Å². The maximum Gasteiger partial charge on any atom is 0.251 e. The second-order valence-corrected chi connectivity index (χ2v) is 7.65. The fraction of sp³-hybridized carbons (Fsp3) is 0.391. The van der Waals surface area contributed by atoms with Crippen molar-refractivity contribution in [2.45, 2.75) is 32.9 Å². The molecule has 6 nitrogen and oxygen atoms in total. The number of carbonyl (C=O) groups excluding carboxylic acids is 2. The lowest BCUT2D eigenvalue weighted by Gasteiger charge is -2.28. The van der Waals surface area contributed by atoms with Gasteiger partial charge in [-0.1, -0.05) is 31.9 Å². The zero-order chi connectivity index (χ0) is 22.3. The van der Waals surface area contributed by atoms with E-state index < -0.39 is 6.04 Å². The summed E-state index contributed by atoms with van der Waals surface area (Å²) in [6.07, 6.45) is 0.747. The molecule has 0 spiro atoms. The van der Waals surface area contributed by atoms with Crippen molar-refractivity contribution in [2.24, 2.45) is 5.92 Å². The molecule has 2 aromatic carbocycles. The molecular weight excluding hydrogens is 404 g/mol. The van der Waals surface area contributed by atoms with E-state index in [-0.39, 0.29) is 17.7 Å². The standard InChI is InChI=1S/C23H29ClN2O4/c1-6-15(2)21(25-22(27)16-7-10-18(24)11-8-16)23(28)26(3)14-17-9-12-19(29-4)13-20(17)30-5/h7-13,15,21H,6,14H2,1-5H3,(H,25,27). The highest BCUT2D eigenvalue weighted by Crippen LogP contribution is 2.26. The third-order valence-corrected chi connectivity index (χ3v) is 5.40. The molecule has 0 aliphatic rings. The summed E-state index contributed by atoms with van der Waals surface area (Å²) in [4.78, 5) is 27.5. The molecule has 162 valence electrons. The van der Waals surface area contributed by atoms with Crippen LogP contribution in [-0.2, 0) is 11.3 Å². The maximum absolute atomic E-state index is 13.2. The average molecular weight is 433 g/mol. The Bertz CT molecular complexity index is 870. The summed E-state index contributed by atoms with van der Waals surface area (Å²) >= 11 is 5.90. The Kier molecular flexibility index (Phi) is 8.54.